The van der Waals surface area contributed by atoms with E-state index in [1.807, 2.05) is 11.3 Å². The molecule has 1 N–H and O–H groups in total. The molecule has 1 heterocycles. The molecule has 0 radical (unpaired) electrons. The largest absolute Gasteiger partial charge is 0.314 e. The second-order valence-electron chi connectivity index (χ2n) is 5.47. The van der Waals surface area contributed by atoms with Crippen LogP contribution in [0.2, 0.25) is 0 Å². The topological polar surface area (TPSA) is 12.0 Å². The van der Waals surface area contributed by atoms with Gasteiger partial charge in [0, 0.05) is 10.9 Å². The summed E-state index contributed by atoms with van der Waals surface area (Å²) in [6.45, 7) is 10.2. The number of halogens is 1. The van der Waals surface area contributed by atoms with Gasteiger partial charge in [0.25, 0.3) is 0 Å². The fourth-order valence-electron chi connectivity index (χ4n) is 2.05. The lowest BCUT2D eigenvalue weighted by molar-refractivity contribution is 0.374. The predicted molar refractivity (Wildman–Crippen MR) is 81.8 cm³/mol. The molecule has 98 valence electrons. The second kappa shape index (κ2) is 7.55. The molecule has 17 heavy (non-hydrogen) atoms. The first kappa shape index (κ1) is 15.2. The summed E-state index contributed by atoms with van der Waals surface area (Å²) >= 11 is 5.40. The Kier molecular flexibility index (Phi) is 6.75. The standard InChI is InChI=1S/C14H24BrNS/c1-10(2)7-12(9-16-11(3)4)8-13-5-6-14(15)17-13/h5-6,10-12,16H,7-9H2,1-4H3. The maximum absolute atomic E-state index is 3.57. The van der Waals surface area contributed by atoms with E-state index in [4.69, 9.17) is 0 Å². The number of thiophene rings is 1. The molecule has 0 fully saturated rings. The zero-order chi connectivity index (χ0) is 12.8. The van der Waals surface area contributed by atoms with E-state index in [1.165, 1.54) is 21.5 Å². The molecule has 1 rings (SSSR count). The first-order chi connectivity index (χ1) is 7.97. The molecular weight excluding hydrogens is 294 g/mol. The molecule has 0 saturated heterocycles. The van der Waals surface area contributed by atoms with Gasteiger partial charge >= 0.3 is 0 Å². The van der Waals surface area contributed by atoms with Crippen LogP contribution in [0.4, 0.5) is 0 Å². The van der Waals surface area contributed by atoms with Gasteiger partial charge in [-0.15, -0.1) is 11.3 Å². The van der Waals surface area contributed by atoms with E-state index in [-0.39, 0.29) is 0 Å². The van der Waals surface area contributed by atoms with Crippen molar-refractivity contribution < 1.29 is 0 Å². The van der Waals surface area contributed by atoms with E-state index in [2.05, 4.69) is 61.1 Å². The lowest BCUT2D eigenvalue weighted by atomic mass is 9.93. The summed E-state index contributed by atoms with van der Waals surface area (Å²) in [6, 6.07) is 4.99. The maximum atomic E-state index is 3.57. The molecule has 3 heteroatoms. The van der Waals surface area contributed by atoms with Crippen LogP contribution in [0.25, 0.3) is 0 Å². The van der Waals surface area contributed by atoms with Gasteiger partial charge in [-0.05, 0) is 59.3 Å². The lowest BCUT2D eigenvalue weighted by Crippen LogP contribution is -2.30. The van der Waals surface area contributed by atoms with E-state index < -0.39 is 0 Å². The van der Waals surface area contributed by atoms with Crippen molar-refractivity contribution in [1.29, 1.82) is 0 Å². The van der Waals surface area contributed by atoms with E-state index in [0.29, 0.717) is 6.04 Å². The second-order valence-corrected chi connectivity index (χ2v) is 8.02. The molecule has 1 nitrogen and oxygen atoms in total. The van der Waals surface area contributed by atoms with Gasteiger partial charge in [-0.3, -0.25) is 0 Å². The summed E-state index contributed by atoms with van der Waals surface area (Å²) in [5.74, 6) is 1.53. The smallest absolute Gasteiger partial charge is 0.0701 e. The highest BCUT2D eigenvalue weighted by molar-refractivity contribution is 9.11. The van der Waals surface area contributed by atoms with E-state index in [9.17, 15) is 0 Å². The third kappa shape index (κ3) is 6.58. The van der Waals surface area contributed by atoms with Crippen molar-refractivity contribution in [2.45, 2.75) is 46.6 Å². The fourth-order valence-corrected chi connectivity index (χ4v) is 3.65. The first-order valence-corrected chi connectivity index (χ1v) is 8.06. The number of hydrogen-bond donors (Lipinski definition) is 1. The first-order valence-electron chi connectivity index (χ1n) is 6.45. The van der Waals surface area contributed by atoms with Gasteiger partial charge in [-0.25, -0.2) is 0 Å². The quantitative estimate of drug-likeness (QED) is 0.767. The highest BCUT2D eigenvalue weighted by Gasteiger charge is 2.13. The molecule has 1 aromatic rings. The molecular formula is C14H24BrNS. The van der Waals surface area contributed by atoms with Crippen LogP contribution >= 0.6 is 27.3 Å². The lowest BCUT2D eigenvalue weighted by Gasteiger charge is -2.20. The van der Waals surface area contributed by atoms with Crippen LogP contribution in [0.5, 0.6) is 0 Å². The zero-order valence-corrected chi connectivity index (χ0v) is 13.7. The predicted octanol–water partition coefficient (Wildman–Crippen LogP) is 4.71. The third-order valence-corrected chi connectivity index (χ3v) is 4.38. The van der Waals surface area contributed by atoms with Crippen molar-refractivity contribution in [2.24, 2.45) is 11.8 Å². The average molecular weight is 318 g/mol. The molecule has 0 aromatic carbocycles. The Morgan fingerprint density at radius 3 is 2.41 bits per heavy atom. The van der Waals surface area contributed by atoms with Gasteiger partial charge in [0.15, 0.2) is 0 Å². The van der Waals surface area contributed by atoms with Crippen LogP contribution in [-0.2, 0) is 6.42 Å². The number of nitrogens with one attached hydrogen (secondary N) is 1. The Morgan fingerprint density at radius 2 is 1.94 bits per heavy atom. The van der Waals surface area contributed by atoms with Gasteiger partial charge in [-0.2, -0.15) is 0 Å². The van der Waals surface area contributed by atoms with Crippen molar-refractivity contribution in [3.8, 4) is 0 Å². The minimum absolute atomic E-state index is 0.583. The highest BCUT2D eigenvalue weighted by Crippen LogP contribution is 2.26. The Bertz CT molecular complexity index is 320. The van der Waals surface area contributed by atoms with Crippen molar-refractivity contribution in [3.63, 3.8) is 0 Å². The van der Waals surface area contributed by atoms with E-state index >= 15 is 0 Å². The van der Waals surface area contributed by atoms with Crippen molar-refractivity contribution in [1.82, 2.24) is 5.32 Å². The van der Waals surface area contributed by atoms with Gasteiger partial charge < -0.3 is 5.32 Å². The fraction of sp³-hybridized carbons (Fsp3) is 0.714. The molecule has 0 aliphatic carbocycles. The SMILES string of the molecule is CC(C)CC(CNC(C)C)Cc1ccc(Br)s1. The molecule has 0 amide bonds. The van der Waals surface area contributed by atoms with E-state index in [0.717, 1.165) is 18.4 Å². The number of hydrogen-bond acceptors (Lipinski definition) is 2. The Hall–Kier alpha value is 0.140. The minimum atomic E-state index is 0.583. The molecule has 1 aromatic heterocycles. The summed E-state index contributed by atoms with van der Waals surface area (Å²) in [6.07, 6.45) is 2.50. The molecule has 0 aliphatic rings. The normalized spacial score (nSPS) is 13.6. The monoisotopic (exact) mass is 317 g/mol. The van der Waals surface area contributed by atoms with Crippen LogP contribution in [-0.4, -0.2) is 12.6 Å². The molecule has 0 bridgehead atoms. The molecule has 1 unspecified atom stereocenters. The van der Waals surface area contributed by atoms with Gasteiger partial charge in [-0.1, -0.05) is 27.7 Å². The maximum Gasteiger partial charge on any atom is 0.0701 e. The van der Waals surface area contributed by atoms with Gasteiger partial charge in [0.1, 0.15) is 0 Å². The van der Waals surface area contributed by atoms with Crippen molar-refractivity contribution >= 4 is 27.3 Å². The minimum Gasteiger partial charge on any atom is -0.314 e. The van der Waals surface area contributed by atoms with Crippen LogP contribution < -0.4 is 5.32 Å². The van der Waals surface area contributed by atoms with Crippen LogP contribution in [0.3, 0.4) is 0 Å². The highest BCUT2D eigenvalue weighted by atomic mass is 79.9. The van der Waals surface area contributed by atoms with Gasteiger partial charge in [0.05, 0.1) is 3.79 Å². The Morgan fingerprint density at radius 1 is 1.24 bits per heavy atom. The summed E-state index contributed by atoms with van der Waals surface area (Å²) in [7, 11) is 0. The zero-order valence-electron chi connectivity index (χ0n) is 11.3. The molecule has 1 atom stereocenters. The van der Waals surface area contributed by atoms with Crippen LogP contribution in [0.1, 0.15) is 39.0 Å². The summed E-state index contributed by atoms with van der Waals surface area (Å²) in [4.78, 5) is 1.49. The average Bonchev–Trinajstić information content (AvgIpc) is 2.59. The Balaban J connectivity index is 2.50. The Labute approximate surface area is 118 Å². The summed E-state index contributed by atoms with van der Waals surface area (Å²) in [5, 5.41) is 3.57. The van der Waals surface area contributed by atoms with Gasteiger partial charge in [0.2, 0.25) is 0 Å². The summed E-state index contributed by atoms with van der Waals surface area (Å²) < 4.78 is 1.24. The molecule has 0 saturated carbocycles. The van der Waals surface area contributed by atoms with Crippen LogP contribution in [0.15, 0.2) is 15.9 Å². The number of rotatable bonds is 7. The molecule has 0 aliphatic heterocycles. The third-order valence-electron chi connectivity index (χ3n) is 2.74. The van der Waals surface area contributed by atoms with Crippen molar-refractivity contribution in [3.05, 3.63) is 20.8 Å². The van der Waals surface area contributed by atoms with E-state index in [1.54, 1.807) is 0 Å². The summed E-state index contributed by atoms with van der Waals surface area (Å²) in [5.41, 5.74) is 0. The molecule has 0 spiro atoms. The van der Waals surface area contributed by atoms with Crippen LogP contribution in [0, 0.1) is 11.8 Å². The van der Waals surface area contributed by atoms with Crippen molar-refractivity contribution in [2.75, 3.05) is 6.54 Å².